The third-order valence-electron chi connectivity index (χ3n) is 4.86. The van der Waals surface area contributed by atoms with Crippen LogP contribution in [0.1, 0.15) is 31.0 Å². The second-order valence-corrected chi connectivity index (χ2v) is 6.42. The number of amides is 2. The molecular formula is C19H25N3O2. The molecule has 0 atom stereocenters. The van der Waals surface area contributed by atoms with Crippen LogP contribution in [0.4, 0.5) is 0 Å². The second-order valence-electron chi connectivity index (χ2n) is 6.42. The Hall–Kier alpha value is -2.30. The first kappa shape index (κ1) is 16.6. The second kappa shape index (κ2) is 7.07. The number of para-hydroxylation sites is 1. The molecule has 0 radical (unpaired) electrons. The molecule has 5 heteroatoms. The Morgan fingerprint density at radius 2 is 1.71 bits per heavy atom. The molecule has 0 bridgehead atoms. The average Bonchev–Trinajstić information content (AvgIpc) is 2.78. The minimum absolute atomic E-state index is 0.147. The zero-order chi connectivity index (χ0) is 17.1. The van der Waals surface area contributed by atoms with Gasteiger partial charge in [0.25, 0.3) is 0 Å². The van der Waals surface area contributed by atoms with Crippen LogP contribution in [-0.2, 0) is 16.0 Å². The highest BCUT2D eigenvalue weighted by atomic mass is 16.2. The number of H-pyrrole nitrogens is 1. The number of aryl methyl sites for hydroxylation is 1. The fraction of sp³-hybridized carbons (Fsp3) is 0.474. The summed E-state index contributed by atoms with van der Waals surface area (Å²) in [4.78, 5) is 31.8. The van der Waals surface area contributed by atoms with E-state index in [-0.39, 0.29) is 11.8 Å². The van der Waals surface area contributed by atoms with Crippen molar-refractivity contribution in [2.45, 2.75) is 33.1 Å². The van der Waals surface area contributed by atoms with Gasteiger partial charge in [-0.25, -0.2) is 0 Å². The molecule has 24 heavy (non-hydrogen) atoms. The first-order valence-electron chi connectivity index (χ1n) is 8.72. The van der Waals surface area contributed by atoms with Crippen LogP contribution < -0.4 is 0 Å². The molecule has 0 aliphatic carbocycles. The number of hydrogen-bond donors (Lipinski definition) is 1. The summed E-state index contributed by atoms with van der Waals surface area (Å²) >= 11 is 0. The van der Waals surface area contributed by atoms with Crippen molar-refractivity contribution in [2.75, 3.05) is 26.2 Å². The predicted octanol–water partition coefficient (Wildman–Crippen LogP) is 2.49. The summed E-state index contributed by atoms with van der Waals surface area (Å²) in [5, 5.41) is 1.13. The normalized spacial score (nSPS) is 15.6. The Bertz CT molecular complexity index is 750. The van der Waals surface area contributed by atoms with E-state index in [4.69, 9.17) is 0 Å². The van der Waals surface area contributed by atoms with Crippen LogP contribution in [0.25, 0.3) is 10.9 Å². The van der Waals surface area contributed by atoms with Gasteiger partial charge in [0.05, 0.1) is 6.42 Å². The molecule has 1 aromatic carbocycles. The standard InChI is InChI=1S/C19H25N3O2/c1-3-18(23)21-9-6-10-22(12-11-21)19(24)13-16-14(2)20-17-8-5-4-7-15(16)17/h4-5,7-8,20H,3,6,9-13H2,1-2H3. The number of fused-ring (bicyclic) bond motifs is 1. The number of carbonyl (C=O) groups is 2. The van der Waals surface area contributed by atoms with Crippen molar-refractivity contribution in [1.82, 2.24) is 14.8 Å². The number of benzene rings is 1. The molecule has 1 N–H and O–H groups in total. The largest absolute Gasteiger partial charge is 0.358 e. The molecule has 0 unspecified atom stereocenters. The van der Waals surface area contributed by atoms with E-state index in [1.54, 1.807) is 0 Å². The van der Waals surface area contributed by atoms with Gasteiger partial charge in [-0.2, -0.15) is 0 Å². The molecule has 1 aliphatic heterocycles. The van der Waals surface area contributed by atoms with Crippen molar-refractivity contribution in [3.05, 3.63) is 35.5 Å². The summed E-state index contributed by atoms with van der Waals surface area (Å²) in [5.41, 5.74) is 3.22. The highest BCUT2D eigenvalue weighted by molar-refractivity contribution is 5.90. The van der Waals surface area contributed by atoms with Crippen LogP contribution in [0.3, 0.4) is 0 Å². The Morgan fingerprint density at radius 3 is 2.42 bits per heavy atom. The summed E-state index contributed by atoms with van der Waals surface area (Å²) in [6, 6.07) is 8.10. The van der Waals surface area contributed by atoms with E-state index in [0.29, 0.717) is 25.9 Å². The fourth-order valence-electron chi connectivity index (χ4n) is 3.47. The van der Waals surface area contributed by atoms with Crippen molar-refractivity contribution in [3.63, 3.8) is 0 Å². The van der Waals surface area contributed by atoms with Crippen molar-refractivity contribution in [2.24, 2.45) is 0 Å². The van der Waals surface area contributed by atoms with Crippen LogP contribution in [0.2, 0.25) is 0 Å². The molecule has 5 nitrogen and oxygen atoms in total. The van der Waals surface area contributed by atoms with Gasteiger partial charge in [0.1, 0.15) is 0 Å². The summed E-state index contributed by atoms with van der Waals surface area (Å²) in [6.07, 6.45) is 1.80. The van der Waals surface area contributed by atoms with Gasteiger partial charge in [-0.15, -0.1) is 0 Å². The average molecular weight is 327 g/mol. The predicted molar refractivity (Wildman–Crippen MR) is 94.8 cm³/mol. The molecule has 2 amide bonds. The Balaban J connectivity index is 1.70. The van der Waals surface area contributed by atoms with E-state index in [1.165, 1.54) is 0 Å². The quantitative estimate of drug-likeness (QED) is 0.941. The number of carbonyl (C=O) groups excluding carboxylic acids is 2. The van der Waals surface area contributed by atoms with Crippen LogP contribution in [0.5, 0.6) is 0 Å². The smallest absolute Gasteiger partial charge is 0.227 e. The minimum Gasteiger partial charge on any atom is -0.358 e. The van der Waals surface area contributed by atoms with Crippen molar-refractivity contribution < 1.29 is 9.59 Å². The zero-order valence-corrected chi connectivity index (χ0v) is 14.5. The van der Waals surface area contributed by atoms with E-state index in [9.17, 15) is 9.59 Å². The molecule has 1 aliphatic rings. The zero-order valence-electron chi connectivity index (χ0n) is 14.5. The molecule has 0 saturated carbocycles. The number of aromatic amines is 1. The maximum atomic E-state index is 12.8. The summed E-state index contributed by atoms with van der Waals surface area (Å²) < 4.78 is 0. The molecule has 2 aromatic rings. The third kappa shape index (κ3) is 3.30. The van der Waals surface area contributed by atoms with E-state index < -0.39 is 0 Å². The van der Waals surface area contributed by atoms with Crippen LogP contribution in [0, 0.1) is 6.92 Å². The minimum atomic E-state index is 0.147. The van der Waals surface area contributed by atoms with E-state index in [1.807, 2.05) is 41.8 Å². The number of aromatic nitrogens is 1. The molecule has 1 fully saturated rings. The topological polar surface area (TPSA) is 56.4 Å². The van der Waals surface area contributed by atoms with E-state index in [2.05, 4.69) is 11.1 Å². The van der Waals surface area contributed by atoms with E-state index in [0.717, 1.165) is 41.7 Å². The van der Waals surface area contributed by atoms with Gasteiger partial charge in [-0.3, -0.25) is 9.59 Å². The Labute approximate surface area is 142 Å². The summed E-state index contributed by atoms with van der Waals surface area (Å²) in [7, 11) is 0. The number of hydrogen-bond acceptors (Lipinski definition) is 2. The van der Waals surface area contributed by atoms with Gasteiger partial charge in [0.2, 0.25) is 11.8 Å². The maximum Gasteiger partial charge on any atom is 0.227 e. The van der Waals surface area contributed by atoms with Crippen molar-refractivity contribution >= 4 is 22.7 Å². The summed E-state index contributed by atoms with van der Waals surface area (Å²) in [6.45, 7) is 6.66. The van der Waals surface area contributed by atoms with Crippen LogP contribution >= 0.6 is 0 Å². The number of nitrogens with one attached hydrogen (secondary N) is 1. The molecule has 0 spiro atoms. The SMILES string of the molecule is CCC(=O)N1CCCN(C(=O)Cc2c(C)[nH]c3ccccc23)CC1. The lowest BCUT2D eigenvalue weighted by atomic mass is 10.1. The fourth-order valence-corrected chi connectivity index (χ4v) is 3.47. The van der Waals surface area contributed by atoms with Crippen LogP contribution in [-0.4, -0.2) is 52.8 Å². The highest BCUT2D eigenvalue weighted by Crippen LogP contribution is 2.23. The van der Waals surface area contributed by atoms with Gasteiger partial charge < -0.3 is 14.8 Å². The van der Waals surface area contributed by atoms with Gasteiger partial charge >= 0.3 is 0 Å². The lowest BCUT2D eigenvalue weighted by molar-refractivity contribution is -0.133. The highest BCUT2D eigenvalue weighted by Gasteiger charge is 2.22. The molecule has 1 aromatic heterocycles. The van der Waals surface area contributed by atoms with Crippen LogP contribution in [0.15, 0.2) is 24.3 Å². The number of rotatable bonds is 3. The first-order valence-corrected chi connectivity index (χ1v) is 8.72. The third-order valence-corrected chi connectivity index (χ3v) is 4.86. The Kier molecular flexibility index (Phi) is 4.88. The Morgan fingerprint density at radius 1 is 1.04 bits per heavy atom. The molecular weight excluding hydrogens is 302 g/mol. The molecule has 1 saturated heterocycles. The summed E-state index contributed by atoms with van der Waals surface area (Å²) in [5.74, 6) is 0.324. The van der Waals surface area contributed by atoms with E-state index >= 15 is 0 Å². The maximum absolute atomic E-state index is 12.8. The van der Waals surface area contributed by atoms with Crippen molar-refractivity contribution in [1.29, 1.82) is 0 Å². The molecule has 3 rings (SSSR count). The molecule has 2 heterocycles. The lowest BCUT2D eigenvalue weighted by Crippen LogP contribution is -2.37. The lowest BCUT2D eigenvalue weighted by Gasteiger charge is -2.22. The monoisotopic (exact) mass is 327 g/mol. The number of nitrogens with zero attached hydrogens (tertiary/aromatic N) is 2. The van der Waals surface area contributed by atoms with Gasteiger partial charge in [0.15, 0.2) is 0 Å². The first-order chi connectivity index (χ1) is 11.6. The van der Waals surface area contributed by atoms with Gasteiger partial charge in [-0.05, 0) is 25.0 Å². The van der Waals surface area contributed by atoms with Gasteiger partial charge in [-0.1, -0.05) is 25.1 Å². The van der Waals surface area contributed by atoms with Gasteiger partial charge in [0, 0.05) is 49.2 Å². The molecule has 128 valence electrons. The van der Waals surface area contributed by atoms with Crippen molar-refractivity contribution in [3.8, 4) is 0 Å².